The number of rotatable bonds is 11. The number of nitrogens with zero attached hydrogens (tertiary/aromatic N) is 2. The molecule has 0 unspecified atom stereocenters. The second-order valence-corrected chi connectivity index (χ2v) is 9.38. The number of aromatic nitrogens is 1. The lowest BCUT2D eigenvalue weighted by atomic mass is 10.1. The van der Waals surface area contributed by atoms with Crippen molar-refractivity contribution in [2.24, 2.45) is 0 Å². The second-order valence-electron chi connectivity index (χ2n) is 8.01. The van der Waals surface area contributed by atoms with Gasteiger partial charge in [-0.2, -0.15) is 4.98 Å². The van der Waals surface area contributed by atoms with Crippen LogP contribution in [-0.2, 0) is 0 Å². The fourth-order valence-corrected chi connectivity index (χ4v) is 3.60. The smallest absolute Gasteiger partial charge is 0.272 e. The number of halogens is 5. The minimum atomic E-state index is -2.79. The Hall–Kier alpha value is -3.24. The van der Waals surface area contributed by atoms with Gasteiger partial charge < -0.3 is 20.3 Å². The maximum atomic E-state index is 14.4. The Bertz CT molecular complexity index is 1240. The third kappa shape index (κ3) is 8.13. The summed E-state index contributed by atoms with van der Waals surface area (Å²) in [5, 5.41) is 5.51. The molecule has 0 aliphatic carbocycles. The summed E-state index contributed by atoms with van der Waals surface area (Å²) in [6, 6.07) is 8.32. The molecule has 0 spiro atoms. The monoisotopic (exact) mass is 598 g/mol. The van der Waals surface area contributed by atoms with Crippen molar-refractivity contribution in [2.75, 3.05) is 23.9 Å². The average Bonchev–Trinajstić information content (AvgIpc) is 2.83. The van der Waals surface area contributed by atoms with E-state index in [1.807, 2.05) is 0 Å². The average molecular weight is 600 g/mol. The van der Waals surface area contributed by atoms with Crippen LogP contribution < -0.4 is 20.3 Å². The second kappa shape index (κ2) is 13.3. The highest BCUT2D eigenvalue weighted by atomic mass is 79.9. The van der Waals surface area contributed by atoms with E-state index < -0.39 is 24.8 Å². The highest BCUT2D eigenvalue weighted by Crippen LogP contribution is 2.30. The molecule has 1 heterocycles. The fourth-order valence-electron chi connectivity index (χ4n) is 3.20. The first-order chi connectivity index (χ1) is 17.3. The zero-order valence-electron chi connectivity index (χ0n) is 20.8. The molecule has 0 aliphatic rings. The van der Waals surface area contributed by atoms with Gasteiger partial charge in [-0.25, -0.2) is 13.2 Å². The predicted octanol–water partition coefficient (Wildman–Crippen LogP) is 7.45. The van der Waals surface area contributed by atoms with Crippen molar-refractivity contribution in [3.63, 3.8) is 0 Å². The van der Waals surface area contributed by atoms with Crippen molar-refractivity contribution in [2.45, 2.75) is 27.2 Å². The van der Waals surface area contributed by atoms with Crippen LogP contribution >= 0.6 is 27.5 Å². The van der Waals surface area contributed by atoms with Gasteiger partial charge in [-0.15, -0.1) is 0 Å². The normalized spacial score (nSPS) is 11.4. The number of hydrogen-bond donors (Lipinski definition) is 2. The van der Waals surface area contributed by atoms with Crippen LogP contribution in [0.15, 0.2) is 82.0 Å². The van der Waals surface area contributed by atoms with Gasteiger partial charge >= 0.3 is 0 Å². The van der Waals surface area contributed by atoms with Crippen LogP contribution in [0.4, 0.5) is 24.7 Å². The van der Waals surface area contributed by atoms with E-state index >= 15 is 0 Å². The van der Waals surface area contributed by atoms with Gasteiger partial charge in [-0.3, -0.25) is 4.79 Å². The Morgan fingerprint density at radius 2 is 1.92 bits per heavy atom. The summed E-state index contributed by atoms with van der Waals surface area (Å²) in [5.74, 6) is -0.945. The molecule has 198 valence electrons. The molecular weight excluding hydrogens is 573 g/mol. The highest BCUT2D eigenvalue weighted by Gasteiger charge is 2.23. The van der Waals surface area contributed by atoms with Crippen molar-refractivity contribution in [1.82, 2.24) is 10.3 Å². The molecule has 1 aromatic carbocycles. The summed E-state index contributed by atoms with van der Waals surface area (Å²) in [4.78, 5) is 19.0. The van der Waals surface area contributed by atoms with Gasteiger partial charge in [-0.05, 0) is 68.3 Å². The SMILES string of the molecule is C=C/C(F)=C(/NC(=C(C)C)N(C)c1nc(OCC(F)F)c(C(=O)Nc2ccc(Br)cc2)cc1C)C(=C)Cl. The van der Waals surface area contributed by atoms with Gasteiger partial charge in [0.05, 0.1) is 10.7 Å². The first kappa shape index (κ1) is 30.0. The van der Waals surface area contributed by atoms with E-state index in [1.54, 1.807) is 57.0 Å². The molecule has 0 bridgehead atoms. The van der Waals surface area contributed by atoms with Crippen LogP contribution in [0.25, 0.3) is 0 Å². The molecule has 0 atom stereocenters. The summed E-state index contributed by atoms with van der Waals surface area (Å²) in [6.07, 6.45) is -1.80. The van der Waals surface area contributed by atoms with Crippen molar-refractivity contribution in [3.8, 4) is 5.88 Å². The van der Waals surface area contributed by atoms with Crippen molar-refractivity contribution < 1.29 is 22.7 Å². The molecular formula is C26H27BrClF3N4O2. The van der Waals surface area contributed by atoms with E-state index in [4.69, 9.17) is 16.3 Å². The van der Waals surface area contributed by atoms with Crippen LogP contribution in [0.3, 0.4) is 0 Å². The molecule has 0 aliphatic heterocycles. The van der Waals surface area contributed by atoms with E-state index in [9.17, 15) is 18.0 Å². The number of hydrogen-bond acceptors (Lipinski definition) is 5. The molecule has 6 nitrogen and oxygen atoms in total. The van der Waals surface area contributed by atoms with Gasteiger partial charge in [0, 0.05) is 17.2 Å². The zero-order valence-corrected chi connectivity index (χ0v) is 23.1. The molecule has 0 saturated heterocycles. The molecule has 0 saturated carbocycles. The largest absolute Gasteiger partial charge is 0.471 e. The van der Waals surface area contributed by atoms with Gasteiger partial charge in [0.1, 0.15) is 23.0 Å². The Morgan fingerprint density at radius 1 is 1.30 bits per heavy atom. The molecule has 1 amide bonds. The number of alkyl halides is 2. The van der Waals surface area contributed by atoms with E-state index in [0.717, 1.165) is 10.5 Å². The summed E-state index contributed by atoms with van der Waals surface area (Å²) in [7, 11) is 1.63. The van der Waals surface area contributed by atoms with E-state index in [-0.39, 0.29) is 28.0 Å². The summed E-state index contributed by atoms with van der Waals surface area (Å²) >= 11 is 9.30. The quantitative estimate of drug-likeness (QED) is 0.263. The molecule has 0 fully saturated rings. The molecule has 2 aromatic rings. The van der Waals surface area contributed by atoms with E-state index in [0.29, 0.717) is 22.6 Å². The van der Waals surface area contributed by atoms with Gasteiger partial charge in [0.15, 0.2) is 6.61 Å². The maximum Gasteiger partial charge on any atom is 0.272 e. The molecule has 1 aromatic heterocycles. The Morgan fingerprint density at radius 3 is 2.43 bits per heavy atom. The number of carbonyl (C=O) groups is 1. The number of anilines is 2. The molecule has 37 heavy (non-hydrogen) atoms. The third-order valence-electron chi connectivity index (χ3n) is 4.90. The van der Waals surface area contributed by atoms with Crippen molar-refractivity contribution in [3.05, 3.63) is 93.1 Å². The Kier molecular flexibility index (Phi) is 10.8. The van der Waals surface area contributed by atoms with Gasteiger partial charge in [0.2, 0.25) is 5.88 Å². The minimum absolute atomic E-state index is 0.0302. The fraction of sp³-hybridized carbons (Fsp3) is 0.231. The van der Waals surface area contributed by atoms with Crippen LogP contribution in [0, 0.1) is 6.92 Å². The van der Waals surface area contributed by atoms with Crippen LogP contribution in [0.1, 0.15) is 29.8 Å². The number of carbonyl (C=O) groups excluding carboxylic acids is 1. The molecule has 2 rings (SSSR count). The number of pyridine rings is 1. The topological polar surface area (TPSA) is 66.5 Å². The van der Waals surface area contributed by atoms with E-state index in [1.165, 1.54) is 6.07 Å². The number of allylic oxidation sites excluding steroid dienone is 4. The summed E-state index contributed by atoms with van der Waals surface area (Å²) < 4.78 is 46.4. The van der Waals surface area contributed by atoms with Crippen molar-refractivity contribution in [1.29, 1.82) is 0 Å². The van der Waals surface area contributed by atoms with Gasteiger partial charge in [-0.1, -0.05) is 40.7 Å². The lowest BCUT2D eigenvalue weighted by Crippen LogP contribution is -2.31. The molecule has 0 radical (unpaired) electrons. The predicted molar refractivity (Wildman–Crippen MR) is 146 cm³/mol. The van der Waals surface area contributed by atoms with Crippen LogP contribution in [0.2, 0.25) is 0 Å². The summed E-state index contributed by atoms with van der Waals surface area (Å²) in [5.41, 5.74) is 1.60. The van der Waals surface area contributed by atoms with Crippen LogP contribution in [0.5, 0.6) is 5.88 Å². The highest BCUT2D eigenvalue weighted by molar-refractivity contribution is 9.10. The number of benzene rings is 1. The first-order valence-electron chi connectivity index (χ1n) is 10.9. The standard InChI is InChI=1S/C26H27BrClF3N4O2/c1-7-20(29)22(16(5)28)33-23(14(2)3)35(6)24-15(4)12-19(26(34-24)37-13-21(30)31)25(36)32-18-10-8-17(27)9-11-18/h7-12,21,33H,1,5,13H2,2-4,6H3,(H,32,36)/b22-20-. The lowest BCUT2D eigenvalue weighted by Gasteiger charge is -2.27. The molecule has 11 heteroatoms. The summed E-state index contributed by atoms with van der Waals surface area (Å²) in [6.45, 7) is 11.2. The number of amides is 1. The van der Waals surface area contributed by atoms with Crippen LogP contribution in [-0.4, -0.2) is 31.0 Å². The first-order valence-corrected chi connectivity index (χ1v) is 12.1. The molecule has 2 N–H and O–H groups in total. The van der Waals surface area contributed by atoms with E-state index in [2.05, 4.69) is 44.7 Å². The minimum Gasteiger partial charge on any atom is -0.471 e. The number of ether oxygens (including phenoxy) is 1. The number of aryl methyl sites for hydroxylation is 1. The van der Waals surface area contributed by atoms with Gasteiger partial charge in [0.25, 0.3) is 12.3 Å². The number of nitrogens with one attached hydrogen (secondary N) is 2. The van der Waals surface area contributed by atoms with Crippen molar-refractivity contribution >= 4 is 44.9 Å². The maximum absolute atomic E-state index is 14.4. The Balaban J connectivity index is 2.54. The zero-order chi connectivity index (χ0) is 27.9. The Labute approximate surface area is 227 Å². The third-order valence-corrected chi connectivity index (χ3v) is 5.62. The lowest BCUT2D eigenvalue weighted by molar-refractivity contribution is 0.0780.